The molecule has 0 radical (unpaired) electrons. The van der Waals surface area contributed by atoms with Crippen molar-refractivity contribution in [2.75, 3.05) is 14.2 Å². The van der Waals surface area contributed by atoms with Crippen molar-refractivity contribution in [3.63, 3.8) is 0 Å². The molecule has 0 saturated carbocycles. The van der Waals surface area contributed by atoms with E-state index in [1.54, 1.807) is 25.3 Å². The van der Waals surface area contributed by atoms with E-state index in [1.165, 1.54) is 7.11 Å². The van der Waals surface area contributed by atoms with Gasteiger partial charge < -0.3 is 9.47 Å². The number of hydrogen-bond acceptors (Lipinski definition) is 3. The zero-order chi connectivity index (χ0) is 14.7. The highest BCUT2D eigenvalue weighted by molar-refractivity contribution is 6.11. The Balaban J connectivity index is 2.53. The van der Waals surface area contributed by atoms with Crippen LogP contribution in [0.25, 0.3) is 0 Å². The standard InChI is InChI=1S/C17H18O3/c1-11-8-12(2)10-13(9-11)16(18)14-6-5-7-15(19-3)17(14)20-4/h5-10H,1-4H3. The number of hydrogen-bond donors (Lipinski definition) is 0. The third-order valence-electron chi connectivity index (χ3n) is 3.13. The molecular formula is C17H18O3. The molecule has 0 saturated heterocycles. The van der Waals surface area contributed by atoms with E-state index in [2.05, 4.69) is 0 Å². The summed E-state index contributed by atoms with van der Waals surface area (Å²) >= 11 is 0. The summed E-state index contributed by atoms with van der Waals surface area (Å²) in [6.45, 7) is 3.96. The summed E-state index contributed by atoms with van der Waals surface area (Å²) in [5.41, 5.74) is 3.30. The van der Waals surface area contributed by atoms with Crippen molar-refractivity contribution in [2.45, 2.75) is 13.8 Å². The Morgan fingerprint density at radius 1 is 0.950 bits per heavy atom. The maximum absolute atomic E-state index is 12.7. The summed E-state index contributed by atoms with van der Waals surface area (Å²) in [6, 6.07) is 11.1. The maximum Gasteiger partial charge on any atom is 0.196 e. The summed E-state index contributed by atoms with van der Waals surface area (Å²) in [5.74, 6) is 0.967. The van der Waals surface area contributed by atoms with Crippen LogP contribution in [-0.4, -0.2) is 20.0 Å². The number of ketones is 1. The van der Waals surface area contributed by atoms with Crippen molar-refractivity contribution >= 4 is 5.78 Å². The fourth-order valence-corrected chi connectivity index (χ4v) is 2.33. The Kier molecular flexibility index (Phi) is 4.08. The minimum Gasteiger partial charge on any atom is -0.493 e. The Hall–Kier alpha value is -2.29. The molecule has 0 atom stereocenters. The first-order valence-corrected chi connectivity index (χ1v) is 6.40. The van der Waals surface area contributed by atoms with Crippen LogP contribution in [0, 0.1) is 13.8 Å². The highest BCUT2D eigenvalue weighted by atomic mass is 16.5. The van der Waals surface area contributed by atoms with Crippen LogP contribution in [0.3, 0.4) is 0 Å². The Morgan fingerprint density at radius 2 is 1.60 bits per heavy atom. The van der Waals surface area contributed by atoms with Gasteiger partial charge in [-0.1, -0.05) is 23.3 Å². The van der Waals surface area contributed by atoms with E-state index in [0.717, 1.165) is 11.1 Å². The lowest BCUT2D eigenvalue weighted by Gasteiger charge is -2.12. The zero-order valence-electron chi connectivity index (χ0n) is 12.2. The summed E-state index contributed by atoms with van der Waals surface area (Å²) in [7, 11) is 3.10. The largest absolute Gasteiger partial charge is 0.493 e. The van der Waals surface area contributed by atoms with Crippen molar-refractivity contribution in [3.8, 4) is 11.5 Å². The lowest BCUT2D eigenvalue weighted by molar-refractivity contribution is 0.103. The fraction of sp³-hybridized carbons (Fsp3) is 0.235. The molecule has 0 unspecified atom stereocenters. The monoisotopic (exact) mass is 270 g/mol. The van der Waals surface area contributed by atoms with Gasteiger partial charge in [0, 0.05) is 5.56 Å². The topological polar surface area (TPSA) is 35.5 Å². The minimum absolute atomic E-state index is 0.0625. The number of carbonyl (C=O) groups is 1. The van der Waals surface area contributed by atoms with Crippen LogP contribution in [0.4, 0.5) is 0 Å². The molecule has 2 rings (SSSR count). The highest BCUT2D eigenvalue weighted by Crippen LogP contribution is 2.32. The molecule has 0 aliphatic rings. The second kappa shape index (κ2) is 5.78. The van der Waals surface area contributed by atoms with Gasteiger partial charge in [0.15, 0.2) is 17.3 Å². The molecule has 0 N–H and O–H groups in total. The van der Waals surface area contributed by atoms with Crippen molar-refractivity contribution in [3.05, 3.63) is 58.7 Å². The molecule has 2 aromatic carbocycles. The molecular weight excluding hydrogens is 252 g/mol. The van der Waals surface area contributed by atoms with Crippen LogP contribution in [-0.2, 0) is 0 Å². The van der Waals surface area contributed by atoms with E-state index in [-0.39, 0.29) is 5.78 Å². The molecule has 0 bridgehead atoms. The van der Waals surface area contributed by atoms with E-state index in [9.17, 15) is 4.79 Å². The lowest BCUT2D eigenvalue weighted by atomic mass is 9.98. The van der Waals surface area contributed by atoms with Crippen molar-refractivity contribution in [1.82, 2.24) is 0 Å². The molecule has 0 spiro atoms. The molecule has 20 heavy (non-hydrogen) atoms. The molecule has 0 amide bonds. The molecule has 0 aliphatic carbocycles. The van der Waals surface area contributed by atoms with E-state index >= 15 is 0 Å². The molecule has 0 aromatic heterocycles. The quantitative estimate of drug-likeness (QED) is 0.797. The third-order valence-corrected chi connectivity index (χ3v) is 3.13. The molecule has 0 heterocycles. The Morgan fingerprint density at radius 3 is 2.15 bits per heavy atom. The first-order valence-electron chi connectivity index (χ1n) is 6.40. The van der Waals surface area contributed by atoms with Gasteiger partial charge in [0.2, 0.25) is 0 Å². The molecule has 2 aromatic rings. The van der Waals surface area contributed by atoms with E-state index in [1.807, 2.05) is 32.0 Å². The first-order chi connectivity index (χ1) is 9.56. The van der Waals surface area contributed by atoms with Gasteiger partial charge in [0.05, 0.1) is 19.8 Å². The predicted molar refractivity (Wildman–Crippen MR) is 78.9 cm³/mol. The minimum atomic E-state index is -0.0625. The van der Waals surface area contributed by atoms with E-state index < -0.39 is 0 Å². The number of para-hydroxylation sites is 1. The average molecular weight is 270 g/mol. The second-order valence-corrected chi connectivity index (χ2v) is 4.75. The number of carbonyl (C=O) groups excluding carboxylic acids is 1. The number of ether oxygens (including phenoxy) is 2. The molecule has 3 nitrogen and oxygen atoms in total. The molecule has 0 fully saturated rings. The summed E-state index contributed by atoms with van der Waals surface area (Å²) in [4.78, 5) is 12.7. The van der Waals surface area contributed by atoms with E-state index in [4.69, 9.17) is 9.47 Å². The SMILES string of the molecule is COc1cccc(C(=O)c2cc(C)cc(C)c2)c1OC. The Bertz CT molecular complexity index is 624. The summed E-state index contributed by atoms with van der Waals surface area (Å²) < 4.78 is 10.6. The van der Waals surface area contributed by atoms with Gasteiger partial charge in [-0.3, -0.25) is 4.79 Å². The zero-order valence-corrected chi connectivity index (χ0v) is 12.2. The highest BCUT2D eigenvalue weighted by Gasteiger charge is 2.18. The van der Waals surface area contributed by atoms with Crippen LogP contribution in [0.5, 0.6) is 11.5 Å². The van der Waals surface area contributed by atoms with Gasteiger partial charge in [-0.2, -0.15) is 0 Å². The van der Waals surface area contributed by atoms with Gasteiger partial charge in [-0.25, -0.2) is 0 Å². The summed E-state index contributed by atoms with van der Waals surface area (Å²) in [5, 5.41) is 0. The van der Waals surface area contributed by atoms with Crippen LogP contribution >= 0.6 is 0 Å². The van der Waals surface area contributed by atoms with Gasteiger partial charge in [-0.15, -0.1) is 0 Å². The third kappa shape index (κ3) is 2.67. The Labute approximate surface area is 119 Å². The van der Waals surface area contributed by atoms with Crippen LogP contribution < -0.4 is 9.47 Å². The van der Waals surface area contributed by atoms with Crippen molar-refractivity contribution in [1.29, 1.82) is 0 Å². The van der Waals surface area contributed by atoms with Crippen LogP contribution in [0.1, 0.15) is 27.0 Å². The normalized spacial score (nSPS) is 10.2. The predicted octanol–water partition coefficient (Wildman–Crippen LogP) is 3.55. The van der Waals surface area contributed by atoms with Crippen molar-refractivity contribution in [2.24, 2.45) is 0 Å². The molecule has 0 aliphatic heterocycles. The van der Waals surface area contributed by atoms with Gasteiger partial charge in [0.25, 0.3) is 0 Å². The van der Waals surface area contributed by atoms with Gasteiger partial charge >= 0.3 is 0 Å². The van der Waals surface area contributed by atoms with Gasteiger partial charge in [0.1, 0.15) is 0 Å². The molecule has 3 heteroatoms. The molecule has 104 valence electrons. The number of aryl methyl sites for hydroxylation is 2. The van der Waals surface area contributed by atoms with Crippen LogP contribution in [0.2, 0.25) is 0 Å². The average Bonchev–Trinajstić information content (AvgIpc) is 2.44. The van der Waals surface area contributed by atoms with Crippen molar-refractivity contribution < 1.29 is 14.3 Å². The summed E-state index contributed by atoms with van der Waals surface area (Å²) in [6.07, 6.45) is 0. The fourth-order valence-electron chi connectivity index (χ4n) is 2.33. The smallest absolute Gasteiger partial charge is 0.196 e. The maximum atomic E-state index is 12.7. The first kappa shape index (κ1) is 14.1. The van der Waals surface area contributed by atoms with Gasteiger partial charge in [-0.05, 0) is 38.1 Å². The second-order valence-electron chi connectivity index (χ2n) is 4.75. The lowest BCUT2D eigenvalue weighted by Crippen LogP contribution is -2.06. The number of benzene rings is 2. The van der Waals surface area contributed by atoms with Crippen LogP contribution in [0.15, 0.2) is 36.4 Å². The van der Waals surface area contributed by atoms with E-state index in [0.29, 0.717) is 22.6 Å². The number of methoxy groups -OCH3 is 2. The number of rotatable bonds is 4.